The Balaban J connectivity index is 2.34. The van der Waals surface area contributed by atoms with Crippen molar-refractivity contribution in [2.45, 2.75) is 0 Å². The standard InChI is InChI=1S/C8H20N3P/c1-9(2)6-12-7-10(3)5-11(4)8-12/h5-8H2,1-4H3. The Morgan fingerprint density at radius 1 is 1.17 bits per heavy atom. The minimum absolute atomic E-state index is 0.188. The second-order valence-corrected chi connectivity index (χ2v) is 6.22. The molecule has 0 unspecified atom stereocenters. The van der Waals surface area contributed by atoms with Crippen molar-refractivity contribution in [2.75, 3.05) is 53.7 Å². The van der Waals surface area contributed by atoms with Crippen molar-refractivity contribution in [3.8, 4) is 0 Å². The molecule has 0 spiro atoms. The van der Waals surface area contributed by atoms with Gasteiger partial charge in [0.2, 0.25) is 0 Å². The number of nitrogens with zero attached hydrogens (tertiary/aromatic N) is 3. The van der Waals surface area contributed by atoms with Gasteiger partial charge < -0.3 is 4.90 Å². The number of hydrogen-bond donors (Lipinski definition) is 0. The molecule has 0 radical (unpaired) electrons. The Bertz CT molecular complexity index is 128. The predicted molar refractivity (Wildman–Crippen MR) is 55.6 cm³/mol. The Morgan fingerprint density at radius 3 is 2.08 bits per heavy atom. The second kappa shape index (κ2) is 4.52. The molecule has 1 heterocycles. The van der Waals surface area contributed by atoms with Crippen LogP contribution in [0.15, 0.2) is 0 Å². The van der Waals surface area contributed by atoms with Gasteiger partial charge in [-0.2, -0.15) is 0 Å². The van der Waals surface area contributed by atoms with Gasteiger partial charge in [0.25, 0.3) is 0 Å². The minimum Gasteiger partial charge on any atom is -0.305 e. The summed E-state index contributed by atoms with van der Waals surface area (Å²) in [4.78, 5) is 7.14. The summed E-state index contributed by atoms with van der Waals surface area (Å²) < 4.78 is 0. The topological polar surface area (TPSA) is 9.72 Å². The Kier molecular flexibility index (Phi) is 3.91. The minimum atomic E-state index is 0.188. The second-order valence-electron chi connectivity index (χ2n) is 4.03. The van der Waals surface area contributed by atoms with Gasteiger partial charge in [-0.15, -0.1) is 0 Å². The molecule has 0 bridgehead atoms. The Labute approximate surface area is 77.1 Å². The third-order valence-electron chi connectivity index (χ3n) is 1.85. The van der Waals surface area contributed by atoms with E-state index in [-0.39, 0.29) is 7.92 Å². The lowest BCUT2D eigenvalue weighted by Gasteiger charge is -2.37. The molecule has 1 saturated heterocycles. The third kappa shape index (κ3) is 3.36. The highest BCUT2D eigenvalue weighted by Gasteiger charge is 2.20. The average molecular weight is 189 g/mol. The van der Waals surface area contributed by atoms with Gasteiger partial charge in [0, 0.05) is 18.9 Å². The van der Waals surface area contributed by atoms with E-state index in [1.807, 2.05) is 0 Å². The zero-order valence-electron chi connectivity index (χ0n) is 8.62. The fraction of sp³-hybridized carbons (Fsp3) is 1.00. The fourth-order valence-electron chi connectivity index (χ4n) is 1.72. The van der Waals surface area contributed by atoms with Crippen LogP contribution in [0.2, 0.25) is 0 Å². The molecule has 72 valence electrons. The summed E-state index contributed by atoms with van der Waals surface area (Å²) in [5, 5.41) is 0. The molecule has 1 aliphatic heterocycles. The van der Waals surface area contributed by atoms with Gasteiger partial charge in [-0.25, -0.2) is 0 Å². The molecule has 1 aliphatic rings. The summed E-state index contributed by atoms with van der Waals surface area (Å²) in [6, 6.07) is 0. The monoisotopic (exact) mass is 189 g/mol. The van der Waals surface area contributed by atoms with Crippen molar-refractivity contribution in [1.82, 2.24) is 14.7 Å². The largest absolute Gasteiger partial charge is 0.305 e. The van der Waals surface area contributed by atoms with Gasteiger partial charge >= 0.3 is 0 Å². The zero-order chi connectivity index (χ0) is 9.14. The van der Waals surface area contributed by atoms with E-state index in [9.17, 15) is 0 Å². The molecule has 12 heavy (non-hydrogen) atoms. The highest BCUT2D eigenvalue weighted by molar-refractivity contribution is 7.57. The molecular formula is C8H20N3P. The molecular weight excluding hydrogens is 169 g/mol. The van der Waals surface area contributed by atoms with Crippen molar-refractivity contribution in [3.05, 3.63) is 0 Å². The molecule has 0 saturated carbocycles. The highest BCUT2D eigenvalue weighted by atomic mass is 31.1. The molecule has 0 aromatic carbocycles. The lowest BCUT2D eigenvalue weighted by molar-refractivity contribution is 0.209. The van der Waals surface area contributed by atoms with Gasteiger partial charge in [-0.3, -0.25) is 9.80 Å². The van der Waals surface area contributed by atoms with Crippen molar-refractivity contribution < 1.29 is 0 Å². The van der Waals surface area contributed by atoms with Crippen molar-refractivity contribution >= 4 is 7.92 Å². The Hall–Kier alpha value is 0.310. The lowest BCUT2D eigenvalue weighted by Crippen LogP contribution is -2.40. The van der Waals surface area contributed by atoms with Gasteiger partial charge in [-0.1, -0.05) is 7.92 Å². The summed E-state index contributed by atoms with van der Waals surface area (Å²) in [6.45, 7) is 1.13. The van der Waals surface area contributed by atoms with Crippen LogP contribution in [0, 0.1) is 0 Å². The molecule has 3 nitrogen and oxygen atoms in total. The van der Waals surface area contributed by atoms with Crippen molar-refractivity contribution in [3.63, 3.8) is 0 Å². The zero-order valence-corrected chi connectivity index (χ0v) is 9.51. The predicted octanol–water partition coefficient (Wildman–Crippen LogP) is 0.737. The van der Waals surface area contributed by atoms with Gasteiger partial charge in [0.1, 0.15) is 0 Å². The molecule has 0 aromatic rings. The average Bonchev–Trinajstić information content (AvgIpc) is 1.81. The SMILES string of the molecule is CN(C)CP1CN(C)CN(C)C1. The maximum Gasteiger partial charge on any atom is 0.0507 e. The molecule has 1 rings (SSSR count). The van der Waals surface area contributed by atoms with Crippen LogP contribution in [0.4, 0.5) is 0 Å². The highest BCUT2D eigenvalue weighted by Crippen LogP contribution is 2.38. The lowest BCUT2D eigenvalue weighted by atomic mass is 10.8. The first-order chi connectivity index (χ1) is 5.58. The first-order valence-corrected chi connectivity index (χ1v) is 6.22. The van der Waals surface area contributed by atoms with Crippen LogP contribution in [0.1, 0.15) is 0 Å². The molecule has 4 heteroatoms. The van der Waals surface area contributed by atoms with E-state index in [1.54, 1.807) is 0 Å². The van der Waals surface area contributed by atoms with E-state index < -0.39 is 0 Å². The molecule has 0 atom stereocenters. The van der Waals surface area contributed by atoms with Crippen LogP contribution in [0.25, 0.3) is 0 Å². The smallest absolute Gasteiger partial charge is 0.0507 e. The van der Waals surface area contributed by atoms with Crippen LogP contribution < -0.4 is 0 Å². The van der Waals surface area contributed by atoms with Crippen LogP contribution in [-0.2, 0) is 0 Å². The quantitative estimate of drug-likeness (QED) is 0.593. The van der Waals surface area contributed by atoms with E-state index in [1.165, 1.54) is 18.9 Å². The first kappa shape index (κ1) is 10.4. The maximum atomic E-state index is 2.42. The molecule has 1 fully saturated rings. The van der Waals surface area contributed by atoms with Gasteiger partial charge in [0.15, 0.2) is 0 Å². The van der Waals surface area contributed by atoms with Crippen LogP contribution in [0.3, 0.4) is 0 Å². The maximum absolute atomic E-state index is 2.42. The first-order valence-electron chi connectivity index (χ1n) is 4.32. The molecule has 0 aliphatic carbocycles. The summed E-state index contributed by atoms with van der Waals surface area (Å²) in [6.07, 6.45) is 3.87. The third-order valence-corrected chi connectivity index (χ3v) is 4.58. The fourth-order valence-corrected chi connectivity index (χ4v) is 4.33. The van der Waals surface area contributed by atoms with Crippen LogP contribution in [0.5, 0.6) is 0 Å². The summed E-state index contributed by atoms with van der Waals surface area (Å²) in [5.74, 6) is 0. The number of hydrogen-bond acceptors (Lipinski definition) is 3. The Morgan fingerprint density at radius 2 is 1.67 bits per heavy atom. The van der Waals surface area contributed by atoms with E-state index in [0.717, 1.165) is 6.67 Å². The van der Waals surface area contributed by atoms with Crippen molar-refractivity contribution in [2.24, 2.45) is 0 Å². The summed E-state index contributed by atoms with van der Waals surface area (Å²) >= 11 is 0. The van der Waals surface area contributed by atoms with Crippen LogP contribution >= 0.6 is 7.92 Å². The van der Waals surface area contributed by atoms with E-state index in [0.29, 0.717) is 0 Å². The van der Waals surface area contributed by atoms with Crippen LogP contribution in [-0.4, -0.2) is 68.4 Å². The summed E-state index contributed by atoms with van der Waals surface area (Å²) in [7, 11) is 8.93. The molecule has 0 N–H and O–H groups in total. The van der Waals surface area contributed by atoms with Gasteiger partial charge in [-0.05, 0) is 28.2 Å². The van der Waals surface area contributed by atoms with Crippen molar-refractivity contribution in [1.29, 1.82) is 0 Å². The molecule has 0 amide bonds. The van der Waals surface area contributed by atoms with E-state index in [4.69, 9.17) is 0 Å². The van der Waals surface area contributed by atoms with E-state index >= 15 is 0 Å². The van der Waals surface area contributed by atoms with Gasteiger partial charge in [0.05, 0.1) is 6.67 Å². The molecule has 0 aromatic heterocycles. The van der Waals surface area contributed by atoms with E-state index in [2.05, 4.69) is 42.9 Å². The normalized spacial score (nSPS) is 23.8. The summed E-state index contributed by atoms with van der Waals surface area (Å²) in [5.41, 5.74) is 0. The number of rotatable bonds is 2.